The molecule has 4 heteroatoms. The van der Waals surface area contributed by atoms with Crippen molar-refractivity contribution in [3.8, 4) is 0 Å². The van der Waals surface area contributed by atoms with Crippen LogP contribution in [0.25, 0.3) is 0 Å². The minimum atomic E-state index is 0.689. The summed E-state index contributed by atoms with van der Waals surface area (Å²) >= 11 is 0. The van der Waals surface area contributed by atoms with Crippen molar-refractivity contribution in [2.75, 3.05) is 20.6 Å². The zero-order valence-corrected chi connectivity index (χ0v) is 13.5. The summed E-state index contributed by atoms with van der Waals surface area (Å²) in [4.78, 5) is 2.45. The first kappa shape index (κ1) is 15.5. The Kier molecular flexibility index (Phi) is 5.61. The van der Waals surface area contributed by atoms with Gasteiger partial charge < -0.3 is 10.2 Å². The lowest BCUT2D eigenvalue weighted by molar-refractivity contribution is 0.153. The number of hydrogen-bond donors (Lipinski definition) is 1. The van der Waals surface area contributed by atoms with E-state index in [0.717, 1.165) is 18.4 Å². The fourth-order valence-electron chi connectivity index (χ4n) is 3.64. The third kappa shape index (κ3) is 4.06. The summed E-state index contributed by atoms with van der Waals surface area (Å²) in [5, 5.41) is 7.78. The number of aryl methyl sites for hydroxylation is 1. The van der Waals surface area contributed by atoms with Crippen molar-refractivity contribution in [1.82, 2.24) is 20.0 Å². The van der Waals surface area contributed by atoms with Crippen LogP contribution in [-0.4, -0.2) is 41.4 Å². The third-order valence-electron chi connectivity index (χ3n) is 4.80. The Labute approximate surface area is 123 Å². The van der Waals surface area contributed by atoms with Crippen molar-refractivity contribution in [2.24, 2.45) is 18.9 Å². The summed E-state index contributed by atoms with van der Waals surface area (Å²) < 4.78 is 1.88. The van der Waals surface area contributed by atoms with E-state index in [4.69, 9.17) is 0 Å². The predicted molar refractivity (Wildman–Crippen MR) is 83.5 cm³/mol. The second-order valence-electron chi connectivity index (χ2n) is 6.46. The number of nitrogens with zero attached hydrogens (tertiary/aromatic N) is 3. The highest BCUT2D eigenvalue weighted by Gasteiger charge is 2.29. The summed E-state index contributed by atoms with van der Waals surface area (Å²) in [6.45, 7) is 4.51. The van der Waals surface area contributed by atoms with Gasteiger partial charge >= 0.3 is 0 Å². The Bertz CT molecular complexity index is 401. The molecule has 0 radical (unpaired) electrons. The molecule has 1 aromatic rings. The van der Waals surface area contributed by atoms with Gasteiger partial charge in [0.25, 0.3) is 0 Å². The first-order valence-electron chi connectivity index (χ1n) is 7.95. The molecule has 1 saturated carbocycles. The Balaban J connectivity index is 1.88. The first-order valence-corrected chi connectivity index (χ1v) is 7.95. The van der Waals surface area contributed by atoms with Crippen molar-refractivity contribution < 1.29 is 0 Å². The summed E-state index contributed by atoms with van der Waals surface area (Å²) in [5.41, 5.74) is 1.30. The zero-order chi connectivity index (χ0) is 14.5. The molecule has 1 fully saturated rings. The van der Waals surface area contributed by atoms with Crippen LogP contribution in [0, 0.1) is 11.8 Å². The van der Waals surface area contributed by atoms with Crippen LogP contribution < -0.4 is 5.32 Å². The maximum atomic E-state index is 4.25. The SMILES string of the molecule is CCC1CCC(NC)C(CN(C)Cc2cnn(C)c2)C1. The van der Waals surface area contributed by atoms with Crippen molar-refractivity contribution in [1.29, 1.82) is 0 Å². The molecule has 0 saturated heterocycles. The largest absolute Gasteiger partial charge is 0.317 e. The highest BCUT2D eigenvalue weighted by atomic mass is 15.2. The summed E-state index contributed by atoms with van der Waals surface area (Å²) in [6.07, 6.45) is 9.52. The van der Waals surface area contributed by atoms with Crippen molar-refractivity contribution in [3.63, 3.8) is 0 Å². The Morgan fingerprint density at radius 3 is 2.85 bits per heavy atom. The quantitative estimate of drug-likeness (QED) is 0.866. The zero-order valence-electron chi connectivity index (χ0n) is 13.5. The van der Waals surface area contributed by atoms with Crippen LogP contribution in [0.3, 0.4) is 0 Å². The van der Waals surface area contributed by atoms with Gasteiger partial charge in [0.2, 0.25) is 0 Å². The number of hydrogen-bond acceptors (Lipinski definition) is 3. The normalized spacial score (nSPS) is 27.1. The summed E-state index contributed by atoms with van der Waals surface area (Å²) in [6, 6.07) is 0.689. The van der Waals surface area contributed by atoms with Gasteiger partial charge in [0, 0.05) is 37.9 Å². The van der Waals surface area contributed by atoms with E-state index in [-0.39, 0.29) is 0 Å². The standard InChI is InChI=1S/C16H30N4/c1-5-13-6-7-16(17-2)15(8-13)12-19(3)10-14-9-18-20(4)11-14/h9,11,13,15-17H,5-8,10,12H2,1-4H3. The molecule has 20 heavy (non-hydrogen) atoms. The molecular weight excluding hydrogens is 248 g/mol. The minimum absolute atomic E-state index is 0.689. The molecule has 2 rings (SSSR count). The highest BCUT2D eigenvalue weighted by molar-refractivity contribution is 5.03. The van der Waals surface area contributed by atoms with E-state index < -0.39 is 0 Å². The van der Waals surface area contributed by atoms with Crippen LogP contribution >= 0.6 is 0 Å². The molecule has 1 aromatic heterocycles. The number of rotatable bonds is 6. The molecule has 1 aliphatic rings. The van der Waals surface area contributed by atoms with E-state index in [1.54, 1.807) is 0 Å². The lowest BCUT2D eigenvalue weighted by Gasteiger charge is -2.37. The van der Waals surface area contributed by atoms with Crippen molar-refractivity contribution in [3.05, 3.63) is 18.0 Å². The second kappa shape index (κ2) is 7.23. The van der Waals surface area contributed by atoms with E-state index in [1.165, 1.54) is 37.8 Å². The molecule has 114 valence electrons. The average molecular weight is 278 g/mol. The molecule has 0 aromatic carbocycles. The predicted octanol–water partition coefficient (Wildman–Crippen LogP) is 2.27. The van der Waals surface area contributed by atoms with E-state index in [0.29, 0.717) is 6.04 Å². The van der Waals surface area contributed by atoms with Gasteiger partial charge in [-0.3, -0.25) is 4.68 Å². The van der Waals surface area contributed by atoms with Gasteiger partial charge in [-0.2, -0.15) is 5.10 Å². The lowest BCUT2D eigenvalue weighted by Crippen LogP contribution is -2.43. The molecule has 0 spiro atoms. The molecule has 0 amide bonds. The lowest BCUT2D eigenvalue weighted by atomic mass is 9.76. The van der Waals surface area contributed by atoms with Crippen LogP contribution in [0.5, 0.6) is 0 Å². The van der Waals surface area contributed by atoms with Crippen LogP contribution in [-0.2, 0) is 13.6 Å². The van der Waals surface area contributed by atoms with Crippen LogP contribution in [0.4, 0.5) is 0 Å². The van der Waals surface area contributed by atoms with Gasteiger partial charge in [0.05, 0.1) is 6.20 Å². The van der Waals surface area contributed by atoms with E-state index in [1.807, 2.05) is 17.9 Å². The fourth-order valence-corrected chi connectivity index (χ4v) is 3.64. The summed E-state index contributed by atoms with van der Waals surface area (Å²) in [7, 11) is 6.33. The van der Waals surface area contributed by atoms with E-state index >= 15 is 0 Å². The maximum absolute atomic E-state index is 4.25. The van der Waals surface area contributed by atoms with Crippen LogP contribution in [0.15, 0.2) is 12.4 Å². The molecule has 3 atom stereocenters. The van der Waals surface area contributed by atoms with E-state index in [2.05, 4.69) is 42.5 Å². The molecule has 3 unspecified atom stereocenters. The number of nitrogens with one attached hydrogen (secondary N) is 1. The molecule has 1 heterocycles. The van der Waals surface area contributed by atoms with Gasteiger partial charge in [-0.15, -0.1) is 0 Å². The third-order valence-corrected chi connectivity index (χ3v) is 4.80. The van der Waals surface area contributed by atoms with Gasteiger partial charge in [0.1, 0.15) is 0 Å². The molecule has 4 nitrogen and oxygen atoms in total. The molecule has 1 N–H and O–H groups in total. The fraction of sp³-hybridized carbons (Fsp3) is 0.812. The van der Waals surface area contributed by atoms with Crippen LogP contribution in [0.1, 0.15) is 38.2 Å². The first-order chi connectivity index (χ1) is 9.62. The van der Waals surface area contributed by atoms with Gasteiger partial charge in [0.15, 0.2) is 0 Å². The summed E-state index contributed by atoms with van der Waals surface area (Å²) in [5.74, 6) is 1.71. The van der Waals surface area contributed by atoms with Crippen molar-refractivity contribution in [2.45, 2.75) is 45.2 Å². The minimum Gasteiger partial charge on any atom is -0.317 e. The molecule has 1 aliphatic carbocycles. The monoisotopic (exact) mass is 278 g/mol. The average Bonchev–Trinajstić information content (AvgIpc) is 2.83. The van der Waals surface area contributed by atoms with E-state index in [9.17, 15) is 0 Å². The molecule has 0 bridgehead atoms. The Morgan fingerprint density at radius 2 is 2.25 bits per heavy atom. The maximum Gasteiger partial charge on any atom is 0.0534 e. The van der Waals surface area contributed by atoms with Gasteiger partial charge in [-0.05, 0) is 45.2 Å². The van der Waals surface area contributed by atoms with Gasteiger partial charge in [-0.25, -0.2) is 0 Å². The number of aromatic nitrogens is 2. The molecular formula is C16H30N4. The Hall–Kier alpha value is -0.870. The van der Waals surface area contributed by atoms with Gasteiger partial charge in [-0.1, -0.05) is 13.3 Å². The van der Waals surface area contributed by atoms with Crippen molar-refractivity contribution >= 4 is 0 Å². The smallest absolute Gasteiger partial charge is 0.0534 e. The highest BCUT2D eigenvalue weighted by Crippen LogP contribution is 2.31. The van der Waals surface area contributed by atoms with Crippen LogP contribution in [0.2, 0.25) is 0 Å². The topological polar surface area (TPSA) is 33.1 Å². The molecule has 0 aliphatic heterocycles. The Morgan fingerprint density at radius 1 is 1.45 bits per heavy atom. The second-order valence-corrected chi connectivity index (χ2v) is 6.46.